The van der Waals surface area contributed by atoms with E-state index in [2.05, 4.69) is 10.3 Å². The number of fused-ring (bicyclic) bond motifs is 1. The summed E-state index contributed by atoms with van der Waals surface area (Å²) in [5.74, 6) is -0.240. The maximum absolute atomic E-state index is 12.0. The lowest BCUT2D eigenvalue weighted by Gasteiger charge is -2.09. The Hall–Kier alpha value is -1.93. The number of pyridine rings is 1. The van der Waals surface area contributed by atoms with Crippen LogP contribution in [0.2, 0.25) is 20.2 Å². The fraction of sp³-hybridized carbons (Fsp3) is 0.188. The first-order chi connectivity index (χ1) is 12.9. The third-order valence-corrected chi connectivity index (χ3v) is 5.12. The van der Waals surface area contributed by atoms with E-state index in [1.165, 1.54) is 0 Å². The van der Waals surface area contributed by atoms with Gasteiger partial charge in [-0.3, -0.25) is 4.79 Å². The molecule has 11 heteroatoms. The summed E-state index contributed by atoms with van der Waals surface area (Å²) in [6.45, 7) is -0.166. The number of halogens is 4. The Bertz CT molecular complexity index is 922. The van der Waals surface area contributed by atoms with Gasteiger partial charge in [0.2, 0.25) is 6.79 Å². The van der Waals surface area contributed by atoms with E-state index < -0.39 is 18.5 Å². The van der Waals surface area contributed by atoms with Crippen LogP contribution in [0.1, 0.15) is 16.1 Å². The highest BCUT2D eigenvalue weighted by Gasteiger charge is 2.22. The van der Waals surface area contributed by atoms with Crippen LogP contribution in [0.4, 0.5) is 0 Å². The minimum Gasteiger partial charge on any atom is -0.454 e. The number of rotatable bonds is 5. The first-order valence-electron chi connectivity index (χ1n) is 7.39. The van der Waals surface area contributed by atoms with Crippen molar-refractivity contribution in [2.75, 3.05) is 13.4 Å². The summed E-state index contributed by atoms with van der Waals surface area (Å²) in [5.41, 5.74) is 0.458. The number of esters is 1. The monoisotopic (exact) mass is 450 g/mol. The maximum atomic E-state index is 12.0. The van der Waals surface area contributed by atoms with Crippen molar-refractivity contribution in [3.8, 4) is 11.5 Å². The molecule has 1 aromatic heterocycles. The summed E-state index contributed by atoms with van der Waals surface area (Å²) in [7, 11) is 0. The van der Waals surface area contributed by atoms with Crippen LogP contribution in [-0.4, -0.2) is 30.3 Å². The molecule has 7 nitrogen and oxygen atoms in total. The van der Waals surface area contributed by atoms with Crippen molar-refractivity contribution >= 4 is 58.3 Å². The SMILES string of the molecule is O=C(COC(=O)c1nc(Cl)c(Cl)c(Cl)c1Cl)NCc1ccc2c(c1)OCO2. The van der Waals surface area contributed by atoms with Gasteiger partial charge in [-0.25, -0.2) is 9.78 Å². The number of amides is 1. The first kappa shape index (κ1) is 19.8. The van der Waals surface area contributed by atoms with Crippen LogP contribution in [0, 0.1) is 0 Å². The lowest BCUT2D eigenvalue weighted by molar-refractivity contribution is -0.124. The number of nitrogens with one attached hydrogen (secondary N) is 1. The minimum atomic E-state index is -0.960. The third-order valence-electron chi connectivity index (χ3n) is 3.44. The van der Waals surface area contributed by atoms with Crippen molar-refractivity contribution < 1.29 is 23.8 Å². The smallest absolute Gasteiger partial charge is 0.359 e. The molecular formula is C16H10Cl4N2O5. The van der Waals surface area contributed by atoms with Gasteiger partial charge in [0.25, 0.3) is 5.91 Å². The predicted molar refractivity (Wildman–Crippen MR) is 99.0 cm³/mol. The summed E-state index contributed by atoms with van der Waals surface area (Å²) in [6.07, 6.45) is 0. The second-order valence-electron chi connectivity index (χ2n) is 5.23. The highest BCUT2D eigenvalue weighted by Crippen LogP contribution is 2.36. The number of carbonyl (C=O) groups excluding carboxylic acids is 2. The molecule has 3 rings (SSSR count). The van der Waals surface area contributed by atoms with Crippen molar-refractivity contribution in [1.82, 2.24) is 10.3 Å². The summed E-state index contributed by atoms with van der Waals surface area (Å²) < 4.78 is 15.3. The van der Waals surface area contributed by atoms with Crippen LogP contribution in [-0.2, 0) is 16.1 Å². The molecule has 1 aliphatic rings. The number of hydrogen-bond donors (Lipinski definition) is 1. The maximum Gasteiger partial charge on any atom is 0.359 e. The summed E-state index contributed by atoms with van der Waals surface area (Å²) in [5, 5.41) is 1.98. The predicted octanol–water partition coefficient (Wildman–Crippen LogP) is 3.90. The van der Waals surface area contributed by atoms with Gasteiger partial charge >= 0.3 is 5.97 Å². The summed E-state index contributed by atoms with van der Waals surface area (Å²) >= 11 is 23.3. The number of aromatic nitrogens is 1. The molecule has 0 aliphatic carbocycles. The van der Waals surface area contributed by atoms with Crippen molar-refractivity contribution in [2.24, 2.45) is 0 Å². The van der Waals surface area contributed by atoms with Crippen LogP contribution in [0.25, 0.3) is 0 Å². The molecule has 0 radical (unpaired) electrons. The quantitative estimate of drug-likeness (QED) is 0.548. The lowest BCUT2D eigenvalue weighted by Crippen LogP contribution is -2.28. The zero-order chi connectivity index (χ0) is 19.6. The van der Waals surface area contributed by atoms with Crippen molar-refractivity contribution in [3.05, 3.63) is 49.7 Å². The highest BCUT2D eigenvalue weighted by molar-refractivity contribution is 6.52. The standard InChI is InChI=1S/C16H10Cl4N2O5/c17-11-12(18)14(22-15(20)13(11)19)16(24)25-5-10(23)21-4-7-1-2-8-9(3-7)27-6-26-8/h1-3H,4-6H2,(H,21,23). The van der Waals surface area contributed by atoms with E-state index in [4.69, 9.17) is 60.6 Å². The average Bonchev–Trinajstić information content (AvgIpc) is 3.13. The number of benzene rings is 1. The molecule has 1 amide bonds. The van der Waals surface area contributed by atoms with Crippen LogP contribution < -0.4 is 14.8 Å². The lowest BCUT2D eigenvalue weighted by atomic mass is 10.2. The normalized spacial score (nSPS) is 12.0. The Morgan fingerprint density at radius 3 is 2.59 bits per heavy atom. The number of nitrogens with zero attached hydrogens (tertiary/aromatic N) is 1. The zero-order valence-electron chi connectivity index (χ0n) is 13.4. The Balaban J connectivity index is 1.54. The largest absolute Gasteiger partial charge is 0.454 e. The second kappa shape index (κ2) is 8.39. The Morgan fingerprint density at radius 1 is 1.07 bits per heavy atom. The van der Waals surface area contributed by atoms with E-state index in [1.807, 2.05) is 0 Å². The van der Waals surface area contributed by atoms with E-state index in [9.17, 15) is 9.59 Å². The fourth-order valence-electron chi connectivity index (χ4n) is 2.12. The minimum absolute atomic E-state index is 0.0821. The molecule has 0 saturated carbocycles. The first-order valence-corrected chi connectivity index (χ1v) is 8.90. The van der Waals surface area contributed by atoms with Gasteiger partial charge in [-0.15, -0.1) is 0 Å². The average molecular weight is 452 g/mol. The topological polar surface area (TPSA) is 86.8 Å². The molecule has 1 N–H and O–H groups in total. The Morgan fingerprint density at radius 2 is 1.81 bits per heavy atom. The van der Waals surface area contributed by atoms with Crippen molar-refractivity contribution in [2.45, 2.75) is 6.54 Å². The Kier molecular flexibility index (Phi) is 6.16. The highest BCUT2D eigenvalue weighted by atomic mass is 35.5. The van der Waals surface area contributed by atoms with Gasteiger partial charge in [-0.05, 0) is 17.7 Å². The van der Waals surface area contributed by atoms with E-state index in [1.54, 1.807) is 18.2 Å². The van der Waals surface area contributed by atoms with Gasteiger partial charge in [0.1, 0.15) is 5.15 Å². The molecule has 1 aromatic carbocycles. The molecule has 0 saturated heterocycles. The second-order valence-corrected chi connectivity index (χ2v) is 6.73. The fourth-order valence-corrected chi connectivity index (χ4v) is 2.93. The molecule has 0 spiro atoms. The molecule has 0 bridgehead atoms. The number of carbonyl (C=O) groups is 2. The van der Waals surface area contributed by atoms with Crippen molar-refractivity contribution in [1.29, 1.82) is 0 Å². The van der Waals surface area contributed by atoms with Gasteiger partial charge in [-0.1, -0.05) is 52.5 Å². The molecule has 0 unspecified atom stereocenters. The number of ether oxygens (including phenoxy) is 3. The summed E-state index contributed by atoms with van der Waals surface area (Å²) in [6, 6.07) is 5.27. The molecule has 142 valence electrons. The van der Waals surface area contributed by atoms with E-state index in [-0.39, 0.29) is 39.3 Å². The van der Waals surface area contributed by atoms with Crippen LogP contribution in [0.15, 0.2) is 18.2 Å². The van der Waals surface area contributed by atoms with Gasteiger partial charge in [0, 0.05) is 6.54 Å². The van der Waals surface area contributed by atoms with E-state index in [0.29, 0.717) is 11.5 Å². The molecule has 0 fully saturated rings. The van der Waals surface area contributed by atoms with Crippen LogP contribution >= 0.6 is 46.4 Å². The molecule has 2 aromatic rings. The molecule has 27 heavy (non-hydrogen) atoms. The van der Waals surface area contributed by atoms with E-state index in [0.717, 1.165) is 5.56 Å². The van der Waals surface area contributed by atoms with Crippen molar-refractivity contribution in [3.63, 3.8) is 0 Å². The van der Waals surface area contributed by atoms with Gasteiger partial charge < -0.3 is 19.5 Å². The Labute approximate surface area is 173 Å². The van der Waals surface area contributed by atoms with Crippen LogP contribution in [0.5, 0.6) is 11.5 Å². The van der Waals surface area contributed by atoms with Gasteiger partial charge in [0.05, 0.1) is 15.1 Å². The van der Waals surface area contributed by atoms with Gasteiger partial charge in [-0.2, -0.15) is 0 Å². The zero-order valence-corrected chi connectivity index (χ0v) is 16.4. The van der Waals surface area contributed by atoms with E-state index >= 15 is 0 Å². The molecular weight excluding hydrogens is 442 g/mol. The third kappa shape index (κ3) is 4.50. The molecule has 2 heterocycles. The number of hydrogen-bond acceptors (Lipinski definition) is 6. The van der Waals surface area contributed by atoms with Crippen LogP contribution in [0.3, 0.4) is 0 Å². The summed E-state index contributed by atoms with van der Waals surface area (Å²) in [4.78, 5) is 27.7. The molecule has 1 aliphatic heterocycles. The molecule has 0 atom stereocenters. The van der Waals surface area contributed by atoms with Gasteiger partial charge in [0.15, 0.2) is 23.8 Å².